The summed E-state index contributed by atoms with van der Waals surface area (Å²) in [5.41, 5.74) is 8.90. The number of rotatable bonds is 6. The van der Waals surface area contributed by atoms with Crippen LogP contribution in [-0.4, -0.2) is 22.6 Å². The first-order chi connectivity index (χ1) is 12.6. The summed E-state index contributed by atoms with van der Waals surface area (Å²) in [7, 11) is 0. The Morgan fingerprint density at radius 2 is 1.46 bits per heavy atom. The van der Waals surface area contributed by atoms with Crippen LogP contribution < -0.4 is 10.5 Å². The highest BCUT2D eigenvalue weighted by molar-refractivity contribution is 6.31. The molecule has 1 aromatic heterocycles. The van der Waals surface area contributed by atoms with E-state index in [0.29, 0.717) is 22.5 Å². The molecule has 0 radical (unpaired) electrons. The van der Waals surface area contributed by atoms with E-state index in [2.05, 4.69) is 4.98 Å². The van der Waals surface area contributed by atoms with Gasteiger partial charge in [-0.1, -0.05) is 47.5 Å². The van der Waals surface area contributed by atoms with Crippen molar-refractivity contribution in [2.75, 3.05) is 6.54 Å². The monoisotopic (exact) mass is 387 g/mol. The van der Waals surface area contributed by atoms with Gasteiger partial charge in [0.25, 0.3) is 0 Å². The summed E-state index contributed by atoms with van der Waals surface area (Å²) in [5.74, 6) is 0.466. The number of halogens is 2. The van der Waals surface area contributed by atoms with Gasteiger partial charge in [-0.05, 0) is 44.2 Å². The highest BCUT2D eigenvalue weighted by Crippen LogP contribution is 2.31. The Kier molecular flexibility index (Phi) is 6.09. The van der Waals surface area contributed by atoms with Crippen LogP contribution in [-0.2, 0) is 0 Å². The van der Waals surface area contributed by atoms with Gasteiger partial charge >= 0.3 is 0 Å². The van der Waals surface area contributed by atoms with E-state index >= 15 is 0 Å². The second-order valence-electron chi connectivity index (χ2n) is 5.93. The minimum Gasteiger partial charge on any atom is -0.473 e. The lowest BCUT2D eigenvalue weighted by molar-refractivity contribution is 0.204. The molecule has 26 heavy (non-hydrogen) atoms. The zero-order valence-corrected chi connectivity index (χ0v) is 15.8. The lowest BCUT2D eigenvalue weighted by Crippen LogP contribution is -2.17. The van der Waals surface area contributed by atoms with Crippen molar-refractivity contribution in [3.63, 3.8) is 0 Å². The first-order valence-electron chi connectivity index (χ1n) is 8.32. The summed E-state index contributed by atoms with van der Waals surface area (Å²) in [4.78, 5) is 9.29. The average Bonchev–Trinajstić information content (AvgIpc) is 2.63. The molecule has 134 valence electrons. The molecule has 1 unspecified atom stereocenters. The van der Waals surface area contributed by atoms with Gasteiger partial charge in [0.1, 0.15) is 5.69 Å². The molecule has 1 atom stereocenters. The molecule has 0 bridgehead atoms. The van der Waals surface area contributed by atoms with Crippen molar-refractivity contribution >= 4 is 23.2 Å². The van der Waals surface area contributed by atoms with E-state index in [0.717, 1.165) is 28.9 Å². The summed E-state index contributed by atoms with van der Waals surface area (Å²) in [5, 5.41) is 1.34. The second-order valence-corrected chi connectivity index (χ2v) is 6.80. The maximum absolute atomic E-state index is 6.02. The van der Waals surface area contributed by atoms with Crippen molar-refractivity contribution < 1.29 is 4.74 Å². The van der Waals surface area contributed by atoms with Crippen molar-refractivity contribution in [2.24, 2.45) is 5.73 Å². The molecule has 2 N–H and O–H groups in total. The quantitative estimate of drug-likeness (QED) is 0.628. The normalized spacial score (nSPS) is 12.0. The summed E-state index contributed by atoms with van der Waals surface area (Å²) < 4.78 is 5.85. The van der Waals surface area contributed by atoms with Gasteiger partial charge in [0.15, 0.2) is 0 Å². The van der Waals surface area contributed by atoms with Crippen LogP contribution in [0.3, 0.4) is 0 Å². The standard InChI is InChI=1S/C20H19Cl2N3O/c1-13(10-11-23)26-18-12-24-19(14-2-6-16(21)7-3-14)20(25-18)15-4-8-17(22)9-5-15/h2-9,12-13H,10-11,23H2,1H3. The number of nitrogens with zero attached hydrogens (tertiary/aromatic N) is 2. The van der Waals surface area contributed by atoms with Gasteiger partial charge in [0, 0.05) is 21.2 Å². The molecule has 4 nitrogen and oxygen atoms in total. The Morgan fingerprint density at radius 3 is 2.00 bits per heavy atom. The van der Waals surface area contributed by atoms with Gasteiger partial charge in [-0.2, -0.15) is 0 Å². The van der Waals surface area contributed by atoms with Gasteiger partial charge in [-0.25, -0.2) is 9.97 Å². The largest absolute Gasteiger partial charge is 0.473 e. The topological polar surface area (TPSA) is 61.0 Å². The smallest absolute Gasteiger partial charge is 0.233 e. The molecule has 0 aliphatic carbocycles. The lowest BCUT2D eigenvalue weighted by atomic mass is 10.0. The Bertz CT molecular complexity index is 867. The molecule has 1 heterocycles. The van der Waals surface area contributed by atoms with Crippen molar-refractivity contribution in [3.05, 3.63) is 64.8 Å². The number of aromatic nitrogens is 2. The average molecular weight is 388 g/mol. The zero-order chi connectivity index (χ0) is 18.5. The van der Waals surface area contributed by atoms with E-state index in [1.165, 1.54) is 0 Å². The Hall–Kier alpha value is -2.14. The van der Waals surface area contributed by atoms with E-state index in [1.807, 2.05) is 55.5 Å². The van der Waals surface area contributed by atoms with Gasteiger partial charge in [0.05, 0.1) is 18.0 Å². The van der Waals surface area contributed by atoms with E-state index < -0.39 is 0 Å². The van der Waals surface area contributed by atoms with Crippen LogP contribution in [0.5, 0.6) is 5.88 Å². The highest BCUT2D eigenvalue weighted by Gasteiger charge is 2.14. The molecule has 2 aromatic carbocycles. The fourth-order valence-corrected chi connectivity index (χ4v) is 2.81. The zero-order valence-electron chi connectivity index (χ0n) is 14.3. The molecule has 0 saturated carbocycles. The first-order valence-corrected chi connectivity index (χ1v) is 9.08. The number of hydrogen-bond donors (Lipinski definition) is 1. The van der Waals surface area contributed by atoms with Crippen LogP contribution in [0.25, 0.3) is 22.5 Å². The minimum absolute atomic E-state index is 0.0336. The predicted molar refractivity (Wildman–Crippen MR) is 107 cm³/mol. The predicted octanol–water partition coefficient (Wildman–Crippen LogP) is 5.23. The molecule has 6 heteroatoms. The summed E-state index contributed by atoms with van der Waals surface area (Å²) in [6, 6.07) is 15.0. The SMILES string of the molecule is CC(CCN)Oc1cnc(-c2ccc(Cl)cc2)c(-c2ccc(Cl)cc2)n1. The molecule has 0 spiro atoms. The fourth-order valence-electron chi connectivity index (χ4n) is 2.56. The molecule has 0 aliphatic heterocycles. The van der Waals surface area contributed by atoms with Crippen LogP contribution in [0.2, 0.25) is 10.0 Å². The van der Waals surface area contributed by atoms with Gasteiger partial charge in [-0.15, -0.1) is 0 Å². The van der Waals surface area contributed by atoms with Crippen LogP contribution >= 0.6 is 23.2 Å². The number of ether oxygens (including phenoxy) is 1. The van der Waals surface area contributed by atoms with Crippen molar-refractivity contribution in [1.29, 1.82) is 0 Å². The van der Waals surface area contributed by atoms with Crippen molar-refractivity contribution in [2.45, 2.75) is 19.4 Å². The third-order valence-electron chi connectivity index (χ3n) is 3.88. The highest BCUT2D eigenvalue weighted by atomic mass is 35.5. The number of hydrogen-bond acceptors (Lipinski definition) is 4. The number of benzene rings is 2. The van der Waals surface area contributed by atoms with Gasteiger partial charge < -0.3 is 10.5 Å². The molecule has 3 aromatic rings. The van der Waals surface area contributed by atoms with E-state index in [4.69, 9.17) is 38.7 Å². The Labute approximate surface area is 163 Å². The molecule has 0 aliphatic rings. The molecule has 3 rings (SSSR count). The maximum Gasteiger partial charge on any atom is 0.233 e. The molecule has 0 fully saturated rings. The number of nitrogens with two attached hydrogens (primary N) is 1. The van der Waals surface area contributed by atoms with Gasteiger partial charge in [-0.3, -0.25) is 0 Å². The maximum atomic E-state index is 6.02. The van der Waals surface area contributed by atoms with Gasteiger partial charge in [0.2, 0.25) is 5.88 Å². The fraction of sp³-hybridized carbons (Fsp3) is 0.200. The van der Waals surface area contributed by atoms with Crippen LogP contribution in [0.1, 0.15) is 13.3 Å². The first kappa shape index (κ1) is 18.6. The van der Waals surface area contributed by atoms with Crippen LogP contribution in [0.15, 0.2) is 54.7 Å². The third-order valence-corrected chi connectivity index (χ3v) is 4.38. The second kappa shape index (κ2) is 8.49. The summed E-state index contributed by atoms with van der Waals surface area (Å²) in [6.07, 6.45) is 2.35. The van der Waals surface area contributed by atoms with Crippen molar-refractivity contribution in [3.8, 4) is 28.4 Å². The van der Waals surface area contributed by atoms with E-state index in [1.54, 1.807) is 6.20 Å². The van der Waals surface area contributed by atoms with Crippen LogP contribution in [0.4, 0.5) is 0 Å². The molecular weight excluding hydrogens is 369 g/mol. The molecule has 0 amide bonds. The Morgan fingerprint density at radius 1 is 0.923 bits per heavy atom. The molecule has 0 saturated heterocycles. The van der Waals surface area contributed by atoms with E-state index in [-0.39, 0.29) is 6.10 Å². The van der Waals surface area contributed by atoms with Crippen molar-refractivity contribution in [1.82, 2.24) is 9.97 Å². The molecular formula is C20H19Cl2N3O. The minimum atomic E-state index is -0.0336. The summed E-state index contributed by atoms with van der Waals surface area (Å²) in [6.45, 7) is 2.52. The Balaban J connectivity index is 2.05. The third kappa shape index (κ3) is 4.52. The lowest BCUT2D eigenvalue weighted by Gasteiger charge is -2.15. The summed E-state index contributed by atoms with van der Waals surface area (Å²) >= 11 is 12.0. The van der Waals surface area contributed by atoms with E-state index in [9.17, 15) is 0 Å². The van der Waals surface area contributed by atoms with Crippen LogP contribution in [0, 0.1) is 0 Å².